The van der Waals surface area contributed by atoms with Gasteiger partial charge in [-0.05, 0) is 34.1 Å². The maximum atomic E-state index is 2.37. The average molecular weight is 402 g/mol. The van der Waals surface area contributed by atoms with E-state index in [1.165, 1.54) is 42.7 Å². The highest BCUT2D eigenvalue weighted by Gasteiger charge is 2.23. The quantitative estimate of drug-likeness (QED) is 0.326. The summed E-state index contributed by atoms with van der Waals surface area (Å²) in [5.41, 5.74) is 5.58. The second-order valence-corrected chi connectivity index (χ2v) is 11.0. The highest BCUT2D eigenvalue weighted by molar-refractivity contribution is 7.26. The van der Waals surface area contributed by atoms with E-state index in [0.29, 0.717) is 0 Å². The van der Waals surface area contributed by atoms with E-state index in [-0.39, 0.29) is 10.8 Å². The standard InChI is InChI=1S/C27H31NS/c1-26(2,3)20-14-8-9-16-22(20)28(7)23-17-11-13-19-18-12-10-15-21(27(4,5)6)24(18)29-25(19)23/h8-17H,1-7H3. The highest BCUT2D eigenvalue weighted by atomic mass is 32.1. The zero-order valence-electron chi connectivity index (χ0n) is 18.6. The smallest absolute Gasteiger partial charge is 0.0592 e. The number of anilines is 2. The van der Waals surface area contributed by atoms with Gasteiger partial charge in [-0.1, -0.05) is 90.1 Å². The van der Waals surface area contributed by atoms with E-state index < -0.39 is 0 Å². The Bertz CT molecular complexity index is 1180. The first-order valence-electron chi connectivity index (χ1n) is 10.4. The molecule has 2 heteroatoms. The number of fused-ring (bicyclic) bond motifs is 3. The van der Waals surface area contributed by atoms with Crippen LogP contribution in [0.15, 0.2) is 60.7 Å². The third-order valence-corrected chi connectivity index (χ3v) is 7.02. The second-order valence-electron chi connectivity index (χ2n) is 10.0. The van der Waals surface area contributed by atoms with Crippen LogP contribution in [-0.4, -0.2) is 7.05 Å². The summed E-state index contributed by atoms with van der Waals surface area (Å²) >= 11 is 1.94. The summed E-state index contributed by atoms with van der Waals surface area (Å²) in [4.78, 5) is 2.37. The van der Waals surface area contributed by atoms with Gasteiger partial charge in [0.25, 0.3) is 0 Å². The van der Waals surface area contributed by atoms with Crippen LogP contribution in [0.1, 0.15) is 52.7 Å². The summed E-state index contributed by atoms with van der Waals surface area (Å²) in [6.07, 6.45) is 0. The minimum Gasteiger partial charge on any atom is -0.343 e. The van der Waals surface area contributed by atoms with E-state index in [4.69, 9.17) is 0 Å². The largest absolute Gasteiger partial charge is 0.343 e. The third kappa shape index (κ3) is 3.44. The van der Waals surface area contributed by atoms with Gasteiger partial charge in [0, 0.05) is 28.2 Å². The Hall–Kier alpha value is -2.32. The van der Waals surface area contributed by atoms with Gasteiger partial charge in [0.15, 0.2) is 0 Å². The molecule has 29 heavy (non-hydrogen) atoms. The number of thiophene rings is 1. The molecule has 150 valence electrons. The first-order valence-corrected chi connectivity index (χ1v) is 11.2. The number of para-hydroxylation sites is 1. The molecule has 0 N–H and O–H groups in total. The van der Waals surface area contributed by atoms with Crippen molar-refractivity contribution in [3.8, 4) is 0 Å². The van der Waals surface area contributed by atoms with Crippen LogP contribution in [-0.2, 0) is 10.8 Å². The van der Waals surface area contributed by atoms with E-state index in [2.05, 4.69) is 114 Å². The summed E-state index contributed by atoms with van der Waals surface area (Å²) in [7, 11) is 2.20. The Morgan fingerprint density at radius 3 is 1.76 bits per heavy atom. The first-order chi connectivity index (χ1) is 13.6. The Morgan fingerprint density at radius 2 is 1.10 bits per heavy atom. The molecule has 4 aromatic rings. The van der Waals surface area contributed by atoms with Crippen LogP contribution in [0.3, 0.4) is 0 Å². The minimum atomic E-state index is 0.0956. The Labute approximate surface area is 179 Å². The molecule has 0 bridgehead atoms. The molecule has 0 saturated heterocycles. The molecule has 4 rings (SSSR count). The van der Waals surface area contributed by atoms with Crippen molar-refractivity contribution in [3.05, 3.63) is 71.8 Å². The number of nitrogens with zero attached hydrogens (tertiary/aromatic N) is 1. The fraction of sp³-hybridized carbons (Fsp3) is 0.333. The monoisotopic (exact) mass is 401 g/mol. The molecule has 0 atom stereocenters. The Morgan fingerprint density at radius 1 is 0.586 bits per heavy atom. The molecule has 0 amide bonds. The van der Waals surface area contributed by atoms with Gasteiger partial charge in [-0.25, -0.2) is 0 Å². The molecule has 1 aromatic heterocycles. The average Bonchev–Trinajstić information content (AvgIpc) is 3.04. The first kappa shape index (κ1) is 20.0. The van der Waals surface area contributed by atoms with Crippen LogP contribution < -0.4 is 4.90 Å². The van der Waals surface area contributed by atoms with Gasteiger partial charge in [-0.2, -0.15) is 0 Å². The van der Waals surface area contributed by atoms with E-state index in [9.17, 15) is 0 Å². The molecular formula is C27H31NS. The SMILES string of the molecule is CN(c1ccccc1C(C)(C)C)c1cccc2c1sc1c(C(C)(C)C)cccc12. The predicted octanol–water partition coefficient (Wildman–Crippen LogP) is 8.42. The lowest BCUT2D eigenvalue weighted by molar-refractivity contribution is 0.590. The second kappa shape index (κ2) is 6.88. The maximum absolute atomic E-state index is 2.37. The number of hydrogen-bond acceptors (Lipinski definition) is 2. The van der Waals surface area contributed by atoms with Crippen molar-refractivity contribution in [2.75, 3.05) is 11.9 Å². The van der Waals surface area contributed by atoms with Crippen molar-refractivity contribution < 1.29 is 0 Å². The van der Waals surface area contributed by atoms with Gasteiger partial charge in [0.2, 0.25) is 0 Å². The van der Waals surface area contributed by atoms with Crippen molar-refractivity contribution in [2.45, 2.75) is 52.4 Å². The van der Waals surface area contributed by atoms with Crippen LogP contribution in [0.2, 0.25) is 0 Å². The van der Waals surface area contributed by atoms with Gasteiger partial charge in [-0.3, -0.25) is 0 Å². The zero-order valence-corrected chi connectivity index (χ0v) is 19.4. The lowest BCUT2D eigenvalue weighted by Gasteiger charge is -2.29. The van der Waals surface area contributed by atoms with Crippen molar-refractivity contribution in [1.82, 2.24) is 0 Å². The molecule has 0 spiro atoms. The highest BCUT2D eigenvalue weighted by Crippen LogP contribution is 2.45. The molecular weight excluding hydrogens is 370 g/mol. The van der Waals surface area contributed by atoms with Crippen LogP contribution in [0.5, 0.6) is 0 Å². The number of rotatable bonds is 2. The van der Waals surface area contributed by atoms with E-state index in [0.717, 1.165) is 0 Å². The van der Waals surface area contributed by atoms with E-state index >= 15 is 0 Å². The summed E-state index contributed by atoms with van der Waals surface area (Å²) in [5.74, 6) is 0. The normalized spacial score (nSPS) is 12.7. The van der Waals surface area contributed by atoms with Crippen LogP contribution in [0.4, 0.5) is 11.4 Å². The Kier molecular flexibility index (Phi) is 4.74. The summed E-state index contributed by atoms with van der Waals surface area (Å²) < 4.78 is 2.78. The molecule has 0 aliphatic carbocycles. The van der Waals surface area contributed by atoms with Gasteiger partial charge in [0.1, 0.15) is 0 Å². The summed E-state index contributed by atoms with van der Waals surface area (Å²) in [6.45, 7) is 13.8. The van der Waals surface area contributed by atoms with E-state index in [1.807, 2.05) is 11.3 Å². The molecule has 0 aliphatic rings. The topological polar surface area (TPSA) is 3.24 Å². The lowest BCUT2D eigenvalue weighted by atomic mass is 9.85. The van der Waals surface area contributed by atoms with Crippen molar-refractivity contribution >= 4 is 42.9 Å². The van der Waals surface area contributed by atoms with E-state index in [1.54, 1.807) is 0 Å². The molecule has 0 aliphatic heterocycles. The van der Waals surface area contributed by atoms with Crippen molar-refractivity contribution in [3.63, 3.8) is 0 Å². The molecule has 1 nitrogen and oxygen atoms in total. The van der Waals surface area contributed by atoms with Crippen LogP contribution >= 0.6 is 11.3 Å². The van der Waals surface area contributed by atoms with Gasteiger partial charge in [-0.15, -0.1) is 11.3 Å². The fourth-order valence-corrected chi connectivity index (χ4v) is 5.76. The number of hydrogen-bond donors (Lipinski definition) is 0. The molecule has 1 heterocycles. The fourth-order valence-electron chi connectivity index (χ4n) is 4.19. The van der Waals surface area contributed by atoms with Gasteiger partial charge in [0.05, 0.1) is 10.4 Å². The van der Waals surface area contributed by atoms with Crippen LogP contribution in [0.25, 0.3) is 20.2 Å². The van der Waals surface area contributed by atoms with Gasteiger partial charge >= 0.3 is 0 Å². The molecule has 0 radical (unpaired) electrons. The third-order valence-electron chi connectivity index (χ3n) is 5.75. The van der Waals surface area contributed by atoms with Crippen molar-refractivity contribution in [1.29, 1.82) is 0 Å². The van der Waals surface area contributed by atoms with Crippen molar-refractivity contribution in [2.24, 2.45) is 0 Å². The number of benzene rings is 3. The lowest BCUT2D eigenvalue weighted by Crippen LogP contribution is -2.19. The molecule has 3 aromatic carbocycles. The minimum absolute atomic E-state index is 0.0956. The Balaban J connectivity index is 1.97. The predicted molar refractivity (Wildman–Crippen MR) is 131 cm³/mol. The van der Waals surface area contributed by atoms with Crippen LogP contribution in [0, 0.1) is 0 Å². The molecule has 0 unspecified atom stereocenters. The zero-order chi connectivity index (χ0) is 21.0. The summed E-state index contributed by atoms with van der Waals surface area (Å²) in [6, 6.07) is 22.3. The molecule has 0 saturated carbocycles. The van der Waals surface area contributed by atoms with Gasteiger partial charge < -0.3 is 4.90 Å². The maximum Gasteiger partial charge on any atom is 0.0592 e. The summed E-state index contributed by atoms with van der Waals surface area (Å²) in [5, 5.41) is 2.73. The molecule has 0 fully saturated rings.